The van der Waals surface area contributed by atoms with E-state index in [4.69, 9.17) is 10.5 Å². The number of hydrogen-bond donors (Lipinski definition) is 2. The zero-order valence-electron chi connectivity index (χ0n) is 16.7. The van der Waals surface area contributed by atoms with Crippen molar-refractivity contribution in [2.75, 3.05) is 6.54 Å². The molecule has 7 nitrogen and oxygen atoms in total. The number of hydrogen-bond acceptors (Lipinski definition) is 5. The van der Waals surface area contributed by atoms with Gasteiger partial charge in [0.2, 0.25) is 0 Å². The molecule has 28 heavy (non-hydrogen) atoms. The fourth-order valence-corrected chi connectivity index (χ4v) is 3.69. The van der Waals surface area contributed by atoms with Gasteiger partial charge in [-0.3, -0.25) is 4.79 Å². The first-order valence-electron chi connectivity index (χ1n) is 9.76. The van der Waals surface area contributed by atoms with E-state index in [0.717, 1.165) is 36.4 Å². The number of aromatic nitrogens is 3. The van der Waals surface area contributed by atoms with Gasteiger partial charge in [-0.05, 0) is 69.8 Å². The Morgan fingerprint density at radius 2 is 2.04 bits per heavy atom. The fraction of sp³-hybridized carbons (Fsp3) is 0.550. The first-order valence-corrected chi connectivity index (χ1v) is 9.76. The number of halogens is 1. The molecule has 1 aliphatic rings. The number of nitrogens with one attached hydrogen (secondary N) is 1. The van der Waals surface area contributed by atoms with Crippen molar-refractivity contribution < 1.29 is 9.53 Å². The van der Waals surface area contributed by atoms with Gasteiger partial charge < -0.3 is 15.8 Å². The third kappa shape index (κ3) is 4.83. The van der Waals surface area contributed by atoms with Gasteiger partial charge in [0.25, 0.3) is 5.91 Å². The second-order valence-electron chi connectivity index (χ2n) is 7.32. The van der Waals surface area contributed by atoms with Crippen LogP contribution in [0.1, 0.15) is 56.2 Å². The summed E-state index contributed by atoms with van der Waals surface area (Å²) >= 11 is 0. The molecule has 1 heterocycles. The van der Waals surface area contributed by atoms with Crippen LogP contribution in [0.3, 0.4) is 0 Å². The molecule has 0 spiro atoms. The molecule has 1 aromatic carbocycles. The second kappa shape index (κ2) is 9.89. The second-order valence-corrected chi connectivity index (χ2v) is 7.32. The molecule has 8 heteroatoms. The molecule has 0 aliphatic heterocycles. The third-order valence-electron chi connectivity index (χ3n) is 5.04. The number of nitrogens with two attached hydrogens (primary N) is 1. The fourth-order valence-electron chi connectivity index (χ4n) is 3.69. The van der Waals surface area contributed by atoms with Crippen LogP contribution in [0.15, 0.2) is 24.3 Å². The average molecular weight is 408 g/mol. The van der Waals surface area contributed by atoms with Crippen molar-refractivity contribution in [2.24, 2.45) is 11.7 Å². The van der Waals surface area contributed by atoms with Gasteiger partial charge in [-0.1, -0.05) is 18.6 Å². The Hall–Kier alpha value is -2.12. The van der Waals surface area contributed by atoms with Crippen LogP contribution in [0.2, 0.25) is 0 Å². The molecule has 3 N–H and O–H groups in total. The molecule has 1 amide bonds. The number of carbonyl (C=O) groups excluding carboxylic acids is 1. The monoisotopic (exact) mass is 407 g/mol. The lowest BCUT2D eigenvalue weighted by Gasteiger charge is -2.19. The highest BCUT2D eigenvalue weighted by molar-refractivity contribution is 5.93. The Kier molecular flexibility index (Phi) is 7.83. The molecule has 0 saturated heterocycles. The Morgan fingerprint density at radius 3 is 2.64 bits per heavy atom. The van der Waals surface area contributed by atoms with Crippen molar-refractivity contribution in [3.05, 3.63) is 35.7 Å². The van der Waals surface area contributed by atoms with Crippen LogP contribution < -0.4 is 15.8 Å². The SMILES string of the molecule is CCc1c(C(=O)NC2CCCC2CN)nnn1-c1ccc(OC(C)C)cc1.Cl. The molecule has 154 valence electrons. The topological polar surface area (TPSA) is 95.1 Å². The van der Waals surface area contributed by atoms with E-state index in [9.17, 15) is 4.79 Å². The molecular weight excluding hydrogens is 378 g/mol. The summed E-state index contributed by atoms with van der Waals surface area (Å²) in [6.45, 7) is 6.58. The van der Waals surface area contributed by atoms with Crippen molar-refractivity contribution in [3.8, 4) is 11.4 Å². The van der Waals surface area contributed by atoms with E-state index in [2.05, 4.69) is 15.6 Å². The van der Waals surface area contributed by atoms with Gasteiger partial charge in [-0.15, -0.1) is 17.5 Å². The highest BCUT2D eigenvalue weighted by Gasteiger charge is 2.29. The van der Waals surface area contributed by atoms with Crippen molar-refractivity contribution >= 4 is 18.3 Å². The predicted molar refractivity (Wildman–Crippen MR) is 111 cm³/mol. The van der Waals surface area contributed by atoms with Crippen molar-refractivity contribution in [2.45, 2.75) is 58.6 Å². The number of carbonyl (C=O) groups is 1. The van der Waals surface area contributed by atoms with Gasteiger partial charge in [0, 0.05) is 6.04 Å². The van der Waals surface area contributed by atoms with Crippen molar-refractivity contribution in [1.82, 2.24) is 20.3 Å². The minimum absolute atomic E-state index is 0. The van der Waals surface area contributed by atoms with E-state index in [-0.39, 0.29) is 30.5 Å². The van der Waals surface area contributed by atoms with E-state index < -0.39 is 0 Å². The summed E-state index contributed by atoms with van der Waals surface area (Å²) < 4.78 is 7.41. The molecular formula is C20H30ClN5O2. The Morgan fingerprint density at radius 1 is 1.32 bits per heavy atom. The maximum atomic E-state index is 12.8. The first kappa shape index (κ1) is 22.2. The van der Waals surface area contributed by atoms with Gasteiger partial charge in [0.15, 0.2) is 5.69 Å². The van der Waals surface area contributed by atoms with Crippen molar-refractivity contribution in [3.63, 3.8) is 0 Å². The zero-order chi connectivity index (χ0) is 19.4. The summed E-state index contributed by atoms with van der Waals surface area (Å²) in [5.41, 5.74) is 7.87. The molecule has 2 aromatic rings. The van der Waals surface area contributed by atoms with Crippen LogP contribution in [0.4, 0.5) is 0 Å². The van der Waals surface area contributed by atoms with E-state index in [1.807, 2.05) is 45.0 Å². The van der Waals surface area contributed by atoms with Gasteiger partial charge in [-0.2, -0.15) is 0 Å². The van der Waals surface area contributed by atoms with Gasteiger partial charge >= 0.3 is 0 Å². The van der Waals surface area contributed by atoms with Crippen LogP contribution in [0.25, 0.3) is 5.69 Å². The van der Waals surface area contributed by atoms with E-state index in [1.165, 1.54) is 0 Å². The lowest BCUT2D eigenvalue weighted by Crippen LogP contribution is -2.40. The standard InChI is InChI=1S/C20H29N5O2.ClH/c1-4-18-19(20(26)22-17-7-5-6-14(17)12-21)23-24-25(18)15-8-10-16(11-9-15)27-13(2)3;/h8-11,13-14,17H,4-7,12,21H2,1-3H3,(H,22,26);1H. The normalized spacial score (nSPS) is 18.8. The molecule has 3 rings (SSSR count). The minimum atomic E-state index is -0.164. The molecule has 1 aromatic heterocycles. The Labute approximate surface area is 172 Å². The predicted octanol–water partition coefficient (Wildman–Crippen LogP) is 2.90. The van der Waals surface area contributed by atoms with Crippen LogP contribution in [-0.2, 0) is 6.42 Å². The van der Waals surface area contributed by atoms with Gasteiger partial charge in [0.1, 0.15) is 5.75 Å². The first-order chi connectivity index (χ1) is 13.0. The number of ether oxygens (including phenoxy) is 1. The Balaban J connectivity index is 0.00000280. The molecule has 1 saturated carbocycles. The number of nitrogens with zero attached hydrogens (tertiary/aromatic N) is 3. The summed E-state index contributed by atoms with van der Waals surface area (Å²) in [5, 5.41) is 11.5. The highest BCUT2D eigenvalue weighted by Crippen LogP contribution is 2.25. The number of benzene rings is 1. The summed E-state index contributed by atoms with van der Waals surface area (Å²) in [6, 6.07) is 7.79. The van der Waals surface area contributed by atoms with Gasteiger partial charge in [0.05, 0.1) is 17.5 Å². The molecule has 1 aliphatic carbocycles. The lowest BCUT2D eigenvalue weighted by atomic mass is 10.0. The minimum Gasteiger partial charge on any atom is -0.491 e. The summed E-state index contributed by atoms with van der Waals surface area (Å²) in [6.07, 6.45) is 3.92. The smallest absolute Gasteiger partial charge is 0.274 e. The summed E-state index contributed by atoms with van der Waals surface area (Å²) in [7, 11) is 0. The van der Waals surface area contributed by atoms with Crippen LogP contribution in [0, 0.1) is 5.92 Å². The van der Waals surface area contributed by atoms with Crippen LogP contribution in [-0.4, -0.2) is 39.6 Å². The van der Waals surface area contributed by atoms with Crippen LogP contribution in [0.5, 0.6) is 5.75 Å². The highest BCUT2D eigenvalue weighted by atomic mass is 35.5. The van der Waals surface area contributed by atoms with E-state index in [1.54, 1.807) is 4.68 Å². The van der Waals surface area contributed by atoms with E-state index >= 15 is 0 Å². The molecule has 0 bridgehead atoms. The van der Waals surface area contributed by atoms with Crippen LogP contribution >= 0.6 is 12.4 Å². The average Bonchev–Trinajstić information content (AvgIpc) is 3.28. The lowest BCUT2D eigenvalue weighted by molar-refractivity contribution is 0.0922. The third-order valence-corrected chi connectivity index (χ3v) is 5.04. The molecule has 2 atom stereocenters. The maximum absolute atomic E-state index is 12.8. The largest absolute Gasteiger partial charge is 0.491 e. The molecule has 2 unspecified atom stereocenters. The van der Waals surface area contributed by atoms with Crippen molar-refractivity contribution in [1.29, 1.82) is 0 Å². The number of rotatable bonds is 7. The molecule has 0 radical (unpaired) electrons. The maximum Gasteiger partial charge on any atom is 0.274 e. The summed E-state index contributed by atoms with van der Waals surface area (Å²) in [4.78, 5) is 12.8. The zero-order valence-corrected chi connectivity index (χ0v) is 17.5. The van der Waals surface area contributed by atoms with Gasteiger partial charge in [-0.25, -0.2) is 4.68 Å². The summed E-state index contributed by atoms with van der Waals surface area (Å²) in [5.74, 6) is 0.990. The number of amides is 1. The Bertz CT molecular complexity index is 775. The van der Waals surface area contributed by atoms with E-state index in [0.29, 0.717) is 24.6 Å². The molecule has 1 fully saturated rings. The quantitative estimate of drug-likeness (QED) is 0.735.